The number of hydrogen-bond acceptors (Lipinski definition) is 4. The number of rotatable bonds is 2. The molecule has 21 heavy (non-hydrogen) atoms. The fourth-order valence-corrected chi connectivity index (χ4v) is 2.68. The molecular weight excluding hydrogens is 286 g/mol. The van der Waals surface area contributed by atoms with E-state index >= 15 is 0 Å². The standard InChI is InChI=1S/C15H16ClN5/c16-12-5-7-13(8-6-12)21-18-14(11-17)15(19-21)20-9-3-1-2-4-10-20/h5-8H,1-4,9-10H2. The van der Waals surface area contributed by atoms with E-state index in [4.69, 9.17) is 11.6 Å². The van der Waals surface area contributed by atoms with Crippen molar-refractivity contribution in [3.8, 4) is 11.8 Å². The minimum atomic E-state index is 0.381. The zero-order valence-electron chi connectivity index (χ0n) is 11.7. The normalized spacial score (nSPS) is 15.5. The number of benzene rings is 1. The molecule has 0 radical (unpaired) electrons. The molecule has 1 aromatic carbocycles. The van der Waals surface area contributed by atoms with E-state index in [1.165, 1.54) is 17.6 Å². The summed E-state index contributed by atoms with van der Waals surface area (Å²) >= 11 is 5.89. The van der Waals surface area contributed by atoms with Crippen molar-refractivity contribution in [3.05, 3.63) is 35.0 Å². The van der Waals surface area contributed by atoms with Crippen LogP contribution >= 0.6 is 11.6 Å². The SMILES string of the molecule is N#Cc1nn(-c2ccc(Cl)cc2)nc1N1CCCCCC1. The third kappa shape index (κ3) is 3.01. The first-order valence-corrected chi connectivity index (χ1v) is 7.54. The maximum Gasteiger partial charge on any atom is 0.207 e. The van der Waals surface area contributed by atoms with Crippen molar-refractivity contribution in [1.82, 2.24) is 15.0 Å². The Morgan fingerprint density at radius 1 is 1.00 bits per heavy atom. The average molecular weight is 302 g/mol. The molecule has 1 fully saturated rings. The molecule has 2 heterocycles. The van der Waals surface area contributed by atoms with Crippen LogP contribution in [0.2, 0.25) is 5.02 Å². The Hall–Kier alpha value is -2.06. The van der Waals surface area contributed by atoms with Gasteiger partial charge in [0, 0.05) is 18.1 Å². The zero-order valence-corrected chi connectivity index (χ0v) is 12.4. The number of aromatic nitrogens is 3. The maximum atomic E-state index is 9.31. The Bertz CT molecular complexity index is 648. The van der Waals surface area contributed by atoms with Crippen LogP contribution in [0.3, 0.4) is 0 Å². The van der Waals surface area contributed by atoms with Crippen LogP contribution in [0, 0.1) is 11.3 Å². The molecule has 0 N–H and O–H groups in total. The Labute approximate surface area is 128 Å². The maximum absolute atomic E-state index is 9.31. The van der Waals surface area contributed by atoms with E-state index in [0.717, 1.165) is 31.6 Å². The summed E-state index contributed by atoms with van der Waals surface area (Å²) in [5, 5.41) is 18.8. The molecule has 2 aromatic rings. The van der Waals surface area contributed by atoms with Gasteiger partial charge in [-0.25, -0.2) is 0 Å². The van der Waals surface area contributed by atoms with Crippen molar-refractivity contribution in [2.45, 2.75) is 25.7 Å². The van der Waals surface area contributed by atoms with Crippen molar-refractivity contribution >= 4 is 17.4 Å². The fraction of sp³-hybridized carbons (Fsp3) is 0.400. The molecule has 6 heteroatoms. The summed E-state index contributed by atoms with van der Waals surface area (Å²) in [6, 6.07) is 9.42. The van der Waals surface area contributed by atoms with Gasteiger partial charge in [-0.15, -0.1) is 15.0 Å². The fourth-order valence-electron chi connectivity index (χ4n) is 2.56. The van der Waals surface area contributed by atoms with Gasteiger partial charge >= 0.3 is 0 Å². The van der Waals surface area contributed by atoms with Crippen LogP contribution in [0.1, 0.15) is 31.4 Å². The van der Waals surface area contributed by atoms with Gasteiger partial charge in [0.2, 0.25) is 5.69 Å². The minimum absolute atomic E-state index is 0.381. The van der Waals surface area contributed by atoms with Crippen LogP contribution in [-0.4, -0.2) is 28.1 Å². The quantitative estimate of drug-likeness (QED) is 0.855. The molecule has 0 atom stereocenters. The van der Waals surface area contributed by atoms with Gasteiger partial charge in [-0.2, -0.15) is 5.26 Å². The van der Waals surface area contributed by atoms with E-state index in [-0.39, 0.29) is 0 Å². The topological polar surface area (TPSA) is 57.7 Å². The predicted molar refractivity (Wildman–Crippen MR) is 81.8 cm³/mol. The average Bonchev–Trinajstić information content (AvgIpc) is 2.75. The monoisotopic (exact) mass is 301 g/mol. The van der Waals surface area contributed by atoms with Crippen molar-refractivity contribution < 1.29 is 0 Å². The number of anilines is 1. The zero-order chi connectivity index (χ0) is 14.7. The summed E-state index contributed by atoms with van der Waals surface area (Å²) in [5.74, 6) is 0.689. The third-order valence-corrected chi connectivity index (χ3v) is 3.92. The highest BCUT2D eigenvalue weighted by Crippen LogP contribution is 2.21. The molecule has 1 aromatic heterocycles. The van der Waals surface area contributed by atoms with Crippen molar-refractivity contribution in [1.29, 1.82) is 5.26 Å². The molecule has 1 aliphatic heterocycles. The largest absolute Gasteiger partial charge is 0.353 e. The van der Waals surface area contributed by atoms with E-state index in [0.29, 0.717) is 16.5 Å². The van der Waals surface area contributed by atoms with Gasteiger partial charge in [-0.1, -0.05) is 24.4 Å². The molecule has 0 amide bonds. The van der Waals surface area contributed by atoms with Crippen LogP contribution in [0.5, 0.6) is 0 Å². The lowest BCUT2D eigenvalue weighted by molar-refractivity contribution is 0.726. The first-order valence-electron chi connectivity index (χ1n) is 7.16. The van der Waals surface area contributed by atoms with Gasteiger partial charge in [0.25, 0.3) is 0 Å². The van der Waals surface area contributed by atoms with E-state index < -0.39 is 0 Å². The Morgan fingerprint density at radius 2 is 1.67 bits per heavy atom. The summed E-state index contributed by atoms with van der Waals surface area (Å²) in [7, 11) is 0. The Kier molecular flexibility index (Phi) is 4.07. The number of hydrogen-bond donors (Lipinski definition) is 0. The van der Waals surface area contributed by atoms with Gasteiger partial charge in [0.15, 0.2) is 5.82 Å². The smallest absolute Gasteiger partial charge is 0.207 e. The third-order valence-electron chi connectivity index (χ3n) is 3.67. The molecular formula is C15H16ClN5. The first-order chi connectivity index (χ1) is 10.3. The number of nitriles is 1. The minimum Gasteiger partial charge on any atom is -0.353 e. The van der Waals surface area contributed by atoms with Crippen molar-refractivity contribution in [2.24, 2.45) is 0 Å². The second-order valence-electron chi connectivity index (χ2n) is 5.15. The van der Waals surface area contributed by atoms with Crippen LogP contribution < -0.4 is 4.90 Å². The van der Waals surface area contributed by atoms with Crippen LogP contribution in [0.4, 0.5) is 5.82 Å². The first kappa shape index (κ1) is 13.9. The highest BCUT2D eigenvalue weighted by atomic mass is 35.5. The molecule has 0 bridgehead atoms. The van der Waals surface area contributed by atoms with Crippen molar-refractivity contribution in [3.63, 3.8) is 0 Å². The molecule has 5 nitrogen and oxygen atoms in total. The van der Waals surface area contributed by atoms with Gasteiger partial charge in [-0.3, -0.25) is 0 Å². The summed E-state index contributed by atoms with van der Waals surface area (Å²) in [6.45, 7) is 1.88. The number of halogens is 1. The molecule has 1 saturated heterocycles. The van der Waals surface area contributed by atoms with Crippen LogP contribution in [0.15, 0.2) is 24.3 Å². The second-order valence-corrected chi connectivity index (χ2v) is 5.59. The Morgan fingerprint density at radius 3 is 2.29 bits per heavy atom. The molecule has 0 aliphatic carbocycles. The van der Waals surface area contributed by atoms with Crippen LogP contribution in [0.25, 0.3) is 5.69 Å². The van der Waals surface area contributed by atoms with E-state index in [1.54, 1.807) is 12.1 Å². The summed E-state index contributed by atoms with van der Waals surface area (Å²) in [5.41, 5.74) is 1.18. The summed E-state index contributed by atoms with van der Waals surface area (Å²) < 4.78 is 0. The van der Waals surface area contributed by atoms with Crippen molar-refractivity contribution in [2.75, 3.05) is 18.0 Å². The van der Waals surface area contributed by atoms with E-state index in [2.05, 4.69) is 21.2 Å². The van der Waals surface area contributed by atoms with E-state index in [1.807, 2.05) is 12.1 Å². The molecule has 3 rings (SSSR count). The van der Waals surface area contributed by atoms with Gasteiger partial charge in [-0.05, 0) is 37.1 Å². The lowest BCUT2D eigenvalue weighted by Crippen LogP contribution is -2.25. The highest BCUT2D eigenvalue weighted by molar-refractivity contribution is 6.30. The summed E-state index contributed by atoms with van der Waals surface area (Å²) in [6.07, 6.45) is 4.75. The molecule has 108 valence electrons. The second kappa shape index (κ2) is 6.15. The molecule has 0 spiro atoms. The molecule has 0 unspecified atom stereocenters. The highest BCUT2D eigenvalue weighted by Gasteiger charge is 2.19. The molecule has 0 saturated carbocycles. The number of nitrogens with zero attached hydrogens (tertiary/aromatic N) is 5. The van der Waals surface area contributed by atoms with Crippen LogP contribution in [-0.2, 0) is 0 Å². The van der Waals surface area contributed by atoms with E-state index in [9.17, 15) is 5.26 Å². The predicted octanol–water partition coefficient (Wildman–Crippen LogP) is 3.17. The van der Waals surface area contributed by atoms with Gasteiger partial charge < -0.3 is 4.90 Å². The Balaban J connectivity index is 1.94. The molecule has 1 aliphatic rings. The van der Waals surface area contributed by atoms with Gasteiger partial charge in [0.1, 0.15) is 6.07 Å². The lowest BCUT2D eigenvalue weighted by atomic mass is 10.2. The lowest BCUT2D eigenvalue weighted by Gasteiger charge is -2.18. The summed E-state index contributed by atoms with van der Waals surface area (Å²) in [4.78, 5) is 3.68. The van der Waals surface area contributed by atoms with Gasteiger partial charge in [0.05, 0.1) is 5.69 Å².